The third-order valence-electron chi connectivity index (χ3n) is 4.03. The van der Waals surface area contributed by atoms with E-state index in [2.05, 4.69) is 44.3 Å². The van der Waals surface area contributed by atoms with Crippen LogP contribution in [0, 0.1) is 5.41 Å². The van der Waals surface area contributed by atoms with Crippen LogP contribution in [-0.2, 0) is 0 Å². The van der Waals surface area contributed by atoms with Gasteiger partial charge >= 0.3 is 0 Å². The molecule has 1 aromatic rings. The number of hydrogen-bond acceptors (Lipinski definition) is 1. The number of allylic oxidation sites excluding steroid dienone is 2. The van der Waals surface area contributed by atoms with E-state index in [9.17, 15) is 0 Å². The fourth-order valence-electron chi connectivity index (χ4n) is 3.15. The van der Waals surface area contributed by atoms with Crippen molar-refractivity contribution < 1.29 is 0 Å². The molecule has 0 amide bonds. The summed E-state index contributed by atoms with van der Waals surface area (Å²) in [6.07, 6.45) is 6.76. The first-order valence-electron chi connectivity index (χ1n) is 7.23. The van der Waals surface area contributed by atoms with Gasteiger partial charge in [0.2, 0.25) is 0 Å². The minimum absolute atomic E-state index is 0.249. The number of nitrogens with one attached hydrogen (secondary N) is 1. The van der Waals surface area contributed by atoms with Crippen molar-refractivity contribution in [3.63, 3.8) is 0 Å². The monoisotopic (exact) mass is 311 g/mol. The van der Waals surface area contributed by atoms with E-state index < -0.39 is 0 Å². The van der Waals surface area contributed by atoms with Crippen LogP contribution in [0.2, 0.25) is 10.0 Å². The molecule has 1 aliphatic rings. The van der Waals surface area contributed by atoms with E-state index in [1.807, 2.05) is 12.1 Å². The van der Waals surface area contributed by atoms with Gasteiger partial charge in [-0.2, -0.15) is 0 Å². The second-order valence-corrected chi connectivity index (χ2v) is 7.22. The van der Waals surface area contributed by atoms with Gasteiger partial charge in [0.15, 0.2) is 0 Å². The van der Waals surface area contributed by atoms with Crippen LogP contribution in [0.5, 0.6) is 0 Å². The highest BCUT2D eigenvalue weighted by atomic mass is 35.5. The van der Waals surface area contributed by atoms with Gasteiger partial charge in [-0.05, 0) is 48.8 Å². The average Bonchev–Trinajstić information content (AvgIpc) is 2.80. The maximum atomic E-state index is 6.11. The van der Waals surface area contributed by atoms with Crippen LogP contribution in [-0.4, -0.2) is 12.6 Å². The van der Waals surface area contributed by atoms with Crippen LogP contribution < -0.4 is 5.32 Å². The third kappa shape index (κ3) is 4.00. The van der Waals surface area contributed by atoms with E-state index in [0.29, 0.717) is 22.0 Å². The van der Waals surface area contributed by atoms with E-state index in [1.54, 1.807) is 0 Å². The molecular formula is C17H23Cl2N. The normalized spacial score (nSPS) is 23.6. The molecule has 0 aliphatic carbocycles. The Bertz CT molecular complexity index is 494. The number of halogens is 2. The summed E-state index contributed by atoms with van der Waals surface area (Å²) in [5.41, 5.74) is 1.54. The molecule has 2 atom stereocenters. The Hall–Kier alpha value is -0.500. The molecule has 0 radical (unpaired) electrons. The molecule has 0 saturated carbocycles. The predicted octanol–water partition coefficient (Wildman–Crippen LogP) is 5.43. The molecule has 2 rings (SSSR count). The molecule has 2 unspecified atom stereocenters. The fourth-order valence-corrected chi connectivity index (χ4v) is 3.46. The van der Waals surface area contributed by atoms with Crippen molar-refractivity contribution >= 4 is 23.2 Å². The molecule has 0 bridgehead atoms. The van der Waals surface area contributed by atoms with Gasteiger partial charge in [-0.15, -0.1) is 0 Å². The summed E-state index contributed by atoms with van der Waals surface area (Å²) in [5.74, 6) is 0.538. The van der Waals surface area contributed by atoms with Crippen LogP contribution >= 0.6 is 23.2 Å². The third-order valence-corrected chi connectivity index (χ3v) is 4.77. The standard InChI is InChI=1S/C17H23Cl2N/c1-4-7-17(2,3)10-14-8-13(11-20-14)12-5-6-15(18)16(19)9-12/h4-7,9,13-14,20H,8,10-11H2,1-3H3/b7-4+. The molecule has 0 spiro atoms. The zero-order valence-corrected chi connectivity index (χ0v) is 13.9. The lowest BCUT2D eigenvalue weighted by atomic mass is 9.83. The van der Waals surface area contributed by atoms with Gasteiger partial charge in [0.05, 0.1) is 10.0 Å². The molecule has 1 N–H and O–H groups in total. The first-order valence-corrected chi connectivity index (χ1v) is 7.99. The minimum Gasteiger partial charge on any atom is -0.313 e. The first kappa shape index (κ1) is 15.9. The van der Waals surface area contributed by atoms with Crippen molar-refractivity contribution in [3.05, 3.63) is 46.0 Å². The second-order valence-electron chi connectivity index (χ2n) is 6.40. The van der Waals surface area contributed by atoms with Crippen molar-refractivity contribution in [2.75, 3.05) is 6.54 Å². The maximum absolute atomic E-state index is 6.11. The lowest BCUT2D eigenvalue weighted by Crippen LogP contribution is -2.27. The Kier molecular flexibility index (Phi) is 5.17. The Balaban J connectivity index is 2.00. The van der Waals surface area contributed by atoms with E-state index in [1.165, 1.54) is 12.0 Å². The molecule has 1 saturated heterocycles. The fraction of sp³-hybridized carbons (Fsp3) is 0.529. The average molecular weight is 312 g/mol. The zero-order valence-electron chi connectivity index (χ0n) is 12.4. The van der Waals surface area contributed by atoms with Gasteiger partial charge in [0, 0.05) is 12.6 Å². The molecule has 1 fully saturated rings. The Labute approximate surface area is 132 Å². The Morgan fingerprint density at radius 2 is 2.05 bits per heavy atom. The van der Waals surface area contributed by atoms with E-state index in [-0.39, 0.29) is 5.41 Å². The molecule has 1 heterocycles. The van der Waals surface area contributed by atoms with Crippen molar-refractivity contribution in [3.8, 4) is 0 Å². The Morgan fingerprint density at radius 3 is 2.70 bits per heavy atom. The number of benzene rings is 1. The van der Waals surface area contributed by atoms with Gasteiger partial charge in [-0.1, -0.05) is 55.3 Å². The topological polar surface area (TPSA) is 12.0 Å². The molecule has 110 valence electrons. The van der Waals surface area contributed by atoms with Crippen molar-refractivity contribution in [1.82, 2.24) is 5.32 Å². The smallest absolute Gasteiger partial charge is 0.0595 e. The molecule has 1 aromatic carbocycles. The molecule has 0 aromatic heterocycles. The summed E-state index contributed by atoms with van der Waals surface area (Å²) in [4.78, 5) is 0. The lowest BCUT2D eigenvalue weighted by molar-refractivity contribution is 0.368. The molecule has 1 nitrogen and oxygen atoms in total. The molecule has 3 heteroatoms. The Morgan fingerprint density at radius 1 is 1.30 bits per heavy atom. The van der Waals surface area contributed by atoms with E-state index >= 15 is 0 Å². The van der Waals surface area contributed by atoms with Crippen molar-refractivity contribution in [1.29, 1.82) is 0 Å². The van der Waals surface area contributed by atoms with Gasteiger partial charge in [-0.25, -0.2) is 0 Å². The van der Waals surface area contributed by atoms with E-state index in [4.69, 9.17) is 23.2 Å². The highest BCUT2D eigenvalue weighted by Crippen LogP contribution is 2.34. The summed E-state index contributed by atoms with van der Waals surface area (Å²) < 4.78 is 0. The first-order chi connectivity index (χ1) is 9.41. The van der Waals surface area contributed by atoms with E-state index in [0.717, 1.165) is 13.0 Å². The van der Waals surface area contributed by atoms with Gasteiger partial charge < -0.3 is 5.32 Å². The van der Waals surface area contributed by atoms with Crippen molar-refractivity contribution in [2.45, 2.75) is 45.6 Å². The number of rotatable bonds is 4. The molecule has 1 aliphatic heterocycles. The zero-order chi connectivity index (χ0) is 14.8. The summed E-state index contributed by atoms with van der Waals surface area (Å²) in [6, 6.07) is 6.58. The predicted molar refractivity (Wildman–Crippen MR) is 88.8 cm³/mol. The highest BCUT2D eigenvalue weighted by Gasteiger charge is 2.29. The summed E-state index contributed by atoms with van der Waals surface area (Å²) in [7, 11) is 0. The highest BCUT2D eigenvalue weighted by molar-refractivity contribution is 6.42. The summed E-state index contributed by atoms with van der Waals surface area (Å²) in [5, 5.41) is 4.93. The maximum Gasteiger partial charge on any atom is 0.0595 e. The van der Waals surface area contributed by atoms with Gasteiger partial charge in [0.1, 0.15) is 0 Å². The number of hydrogen-bond donors (Lipinski definition) is 1. The van der Waals surface area contributed by atoms with Gasteiger partial charge in [-0.3, -0.25) is 0 Å². The summed E-state index contributed by atoms with van der Waals surface area (Å²) >= 11 is 12.1. The SMILES string of the molecule is C/C=C/C(C)(C)CC1CC(c2ccc(Cl)c(Cl)c2)CN1. The lowest BCUT2D eigenvalue weighted by Gasteiger charge is -2.24. The van der Waals surface area contributed by atoms with Crippen LogP contribution in [0.3, 0.4) is 0 Å². The second kappa shape index (κ2) is 6.51. The largest absolute Gasteiger partial charge is 0.313 e. The molecular weight excluding hydrogens is 289 g/mol. The van der Waals surface area contributed by atoms with Gasteiger partial charge in [0.25, 0.3) is 0 Å². The van der Waals surface area contributed by atoms with Crippen LogP contribution in [0.25, 0.3) is 0 Å². The van der Waals surface area contributed by atoms with Crippen molar-refractivity contribution in [2.24, 2.45) is 5.41 Å². The summed E-state index contributed by atoms with van der Waals surface area (Å²) in [6.45, 7) is 7.69. The minimum atomic E-state index is 0.249. The molecule has 20 heavy (non-hydrogen) atoms. The van der Waals surface area contributed by atoms with Crippen LogP contribution in [0.15, 0.2) is 30.4 Å². The quantitative estimate of drug-likeness (QED) is 0.731. The van der Waals surface area contributed by atoms with Crippen LogP contribution in [0.1, 0.15) is 45.1 Å². The van der Waals surface area contributed by atoms with Crippen LogP contribution in [0.4, 0.5) is 0 Å².